The molecule has 2 heterocycles. The van der Waals surface area contributed by atoms with E-state index in [0.29, 0.717) is 12.1 Å². The molecule has 2 atom stereocenters. The van der Waals surface area contributed by atoms with E-state index >= 15 is 0 Å². The summed E-state index contributed by atoms with van der Waals surface area (Å²) in [6.45, 7) is 8.68. The Morgan fingerprint density at radius 1 is 1.44 bits per heavy atom. The Bertz CT molecular complexity index is 369. The van der Waals surface area contributed by atoms with E-state index in [2.05, 4.69) is 32.2 Å². The zero-order valence-corrected chi connectivity index (χ0v) is 12.6. The molecule has 3 heteroatoms. The van der Waals surface area contributed by atoms with Crippen LogP contribution in [0.3, 0.4) is 0 Å². The van der Waals surface area contributed by atoms with Crippen LogP contribution < -0.4 is 5.32 Å². The first-order valence-electron chi connectivity index (χ1n) is 7.08. The molecule has 1 aliphatic rings. The van der Waals surface area contributed by atoms with Crippen LogP contribution in [-0.2, 0) is 4.74 Å². The fraction of sp³-hybridized carbons (Fsp3) is 0.733. The molecule has 0 aromatic carbocycles. The first-order chi connectivity index (χ1) is 8.66. The number of hydrogen-bond acceptors (Lipinski definition) is 3. The summed E-state index contributed by atoms with van der Waals surface area (Å²) in [5, 5.41) is 3.63. The molecule has 102 valence electrons. The molecule has 0 bridgehead atoms. The lowest BCUT2D eigenvalue weighted by Gasteiger charge is -2.23. The van der Waals surface area contributed by atoms with Crippen molar-refractivity contribution in [1.82, 2.24) is 5.32 Å². The normalized spacial score (nSPS) is 22.1. The second kappa shape index (κ2) is 6.69. The Kier molecular flexibility index (Phi) is 5.22. The number of rotatable bonds is 5. The summed E-state index contributed by atoms with van der Waals surface area (Å²) in [5.41, 5.74) is 1.46. The highest BCUT2D eigenvalue weighted by molar-refractivity contribution is 7.12. The fourth-order valence-corrected chi connectivity index (χ4v) is 3.71. The van der Waals surface area contributed by atoms with Gasteiger partial charge in [0, 0.05) is 22.4 Å². The third-order valence-corrected chi connectivity index (χ3v) is 4.72. The molecule has 18 heavy (non-hydrogen) atoms. The van der Waals surface area contributed by atoms with Crippen LogP contribution in [0, 0.1) is 13.8 Å². The summed E-state index contributed by atoms with van der Waals surface area (Å²) < 4.78 is 5.76. The van der Waals surface area contributed by atoms with Gasteiger partial charge in [0.25, 0.3) is 0 Å². The lowest BCUT2D eigenvalue weighted by atomic mass is 10.1. The van der Waals surface area contributed by atoms with Crippen molar-refractivity contribution in [2.75, 3.05) is 13.2 Å². The minimum Gasteiger partial charge on any atom is -0.378 e. The second-order valence-electron chi connectivity index (χ2n) is 5.32. The fourth-order valence-electron chi connectivity index (χ4n) is 2.69. The third kappa shape index (κ3) is 3.81. The summed E-state index contributed by atoms with van der Waals surface area (Å²) in [5.74, 6) is 0. The number of thiophene rings is 1. The molecule has 1 N–H and O–H groups in total. The van der Waals surface area contributed by atoms with Gasteiger partial charge in [0.15, 0.2) is 0 Å². The average Bonchev–Trinajstić information content (AvgIpc) is 2.70. The SMILES string of the molecule is Cc1cc(C(C)NCCC2CCCCO2)c(C)s1. The van der Waals surface area contributed by atoms with Crippen molar-refractivity contribution in [2.24, 2.45) is 0 Å². The minimum atomic E-state index is 0.457. The van der Waals surface area contributed by atoms with Gasteiger partial charge in [-0.15, -0.1) is 11.3 Å². The second-order valence-corrected chi connectivity index (χ2v) is 6.78. The van der Waals surface area contributed by atoms with E-state index in [1.807, 2.05) is 11.3 Å². The Balaban J connectivity index is 1.74. The average molecular weight is 267 g/mol. The van der Waals surface area contributed by atoms with Crippen molar-refractivity contribution in [3.63, 3.8) is 0 Å². The molecule has 0 saturated carbocycles. The molecule has 0 spiro atoms. The van der Waals surface area contributed by atoms with E-state index in [1.165, 1.54) is 34.6 Å². The van der Waals surface area contributed by atoms with E-state index in [0.717, 1.165) is 19.6 Å². The maximum absolute atomic E-state index is 5.76. The maximum atomic E-state index is 5.76. The zero-order valence-electron chi connectivity index (χ0n) is 11.8. The maximum Gasteiger partial charge on any atom is 0.0587 e. The van der Waals surface area contributed by atoms with E-state index in [9.17, 15) is 0 Å². The predicted octanol–water partition coefficient (Wildman–Crippen LogP) is 3.97. The van der Waals surface area contributed by atoms with Crippen LogP contribution in [0.5, 0.6) is 0 Å². The summed E-state index contributed by atoms with van der Waals surface area (Å²) in [7, 11) is 0. The van der Waals surface area contributed by atoms with Crippen molar-refractivity contribution in [3.05, 3.63) is 21.4 Å². The van der Waals surface area contributed by atoms with Gasteiger partial charge in [-0.05, 0) is 64.6 Å². The van der Waals surface area contributed by atoms with E-state index < -0.39 is 0 Å². The van der Waals surface area contributed by atoms with Crippen molar-refractivity contribution in [1.29, 1.82) is 0 Å². The molecule has 1 saturated heterocycles. The monoisotopic (exact) mass is 267 g/mol. The number of hydrogen-bond donors (Lipinski definition) is 1. The first-order valence-corrected chi connectivity index (χ1v) is 7.90. The van der Waals surface area contributed by atoms with Crippen LogP contribution in [0.2, 0.25) is 0 Å². The van der Waals surface area contributed by atoms with Gasteiger partial charge in [0.1, 0.15) is 0 Å². The standard InChI is InChI=1S/C15H25NOS/c1-11-10-15(13(3)18-11)12(2)16-8-7-14-6-4-5-9-17-14/h10,12,14,16H,4-9H2,1-3H3. The molecule has 1 aliphatic heterocycles. The van der Waals surface area contributed by atoms with E-state index in [-0.39, 0.29) is 0 Å². The summed E-state index contributed by atoms with van der Waals surface area (Å²) in [6, 6.07) is 2.77. The van der Waals surface area contributed by atoms with Crippen molar-refractivity contribution < 1.29 is 4.74 Å². The molecule has 0 radical (unpaired) electrons. The highest BCUT2D eigenvalue weighted by Crippen LogP contribution is 2.26. The molecule has 0 aliphatic carbocycles. The molecule has 0 amide bonds. The highest BCUT2D eigenvalue weighted by Gasteiger charge is 2.15. The van der Waals surface area contributed by atoms with Crippen molar-refractivity contribution >= 4 is 11.3 Å². The lowest BCUT2D eigenvalue weighted by Crippen LogP contribution is -2.27. The lowest BCUT2D eigenvalue weighted by molar-refractivity contribution is 0.0112. The molecule has 2 nitrogen and oxygen atoms in total. The van der Waals surface area contributed by atoms with E-state index in [4.69, 9.17) is 4.74 Å². The molecule has 2 rings (SSSR count). The minimum absolute atomic E-state index is 0.457. The Labute approximate surface area is 115 Å². The number of aryl methyl sites for hydroxylation is 2. The molecular formula is C15H25NOS. The third-order valence-electron chi connectivity index (χ3n) is 3.74. The molecule has 2 unspecified atom stereocenters. The van der Waals surface area contributed by atoms with Gasteiger partial charge in [-0.3, -0.25) is 0 Å². The Morgan fingerprint density at radius 3 is 2.89 bits per heavy atom. The highest BCUT2D eigenvalue weighted by atomic mass is 32.1. The topological polar surface area (TPSA) is 21.3 Å². The zero-order chi connectivity index (χ0) is 13.0. The summed E-state index contributed by atoms with van der Waals surface area (Å²) in [6.07, 6.45) is 5.46. The number of ether oxygens (including phenoxy) is 1. The Morgan fingerprint density at radius 2 is 2.28 bits per heavy atom. The van der Waals surface area contributed by atoms with Crippen LogP contribution in [0.1, 0.15) is 54.0 Å². The van der Waals surface area contributed by atoms with Gasteiger partial charge in [-0.2, -0.15) is 0 Å². The van der Waals surface area contributed by atoms with Crippen molar-refractivity contribution in [3.8, 4) is 0 Å². The smallest absolute Gasteiger partial charge is 0.0587 e. The van der Waals surface area contributed by atoms with Gasteiger partial charge in [-0.25, -0.2) is 0 Å². The van der Waals surface area contributed by atoms with Gasteiger partial charge in [0.05, 0.1) is 6.10 Å². The summed E-state index contributed by atoms with van der Waals surface area (Å²) in [4.78, 5) is 2.85. The van der Waals surface area contributed by atoms with Crippen LogP contribution in [0.25, 0.3) is 0 Å². The molecule has 1 aromatic rings. The molecule has 1 fully saturated rings. The number of nitrogens with one attached hydrogen (secondary N) is 1. The first kappa shape index (κ1) is 14.0. The van der Waals surface area contributed by atoms with Gasteiger partial charge < -0.3 is 10.1 Å². The van der Waals surface area contributed by atoms with Crippen molar-refractivity contribution in [2.45, 2.75) is 58.6 Å². The van der Waals surface area contributed by atoms with Crippen LogP contribution in [-0.4, -0.2) is 19.3 Å². The van der Waals surface area contributed by atoms with E-state index in [1.54, 1.807) is 0 Å². The van der Waals surface area contributed by atoms with Crippen LogP contribution >= 0.6 is 11.3 Å². The van der Waals surface area contributed by atoms with Gasteiger partial charge in [0.2, 0.25) is 0 Å². The van der Waals surface area contributed by atoms with Crippen LogP contribution in [0.4, 0.5) is 0 Å². The quantitative estimate of drug-likeness (QED) is 0.871. The van der Waals surface area contributed by atoms with Crippen LogP contribution in [0.15, 0.2) is 6.07 Å². The molecular weight excluding hydrogens is 242 g/mol. The predicted molar refractivity (Wildman–Crippen MR) is 78.4 cm³/mol. The Hall–Kier alpha value is -0.380. The van der Waals surface area contributed by atoms with Gasteiger partial charge in [-0.1, -0.05) is 0 Å². The summed E-state index contributed by atoms with van der Waals surface area (Å²) >= 11 is 1.89. The van der Waals surface area contributed by atoms with Gasteiger partial charge >= 0.3 is 0 Å². The molecule has 1 aromatic heterocycles. The largest absolute Gasteiger partial charge is 0.378 e.